The second-order valence-corrected chi connectivity index (χ2v) is 6.61. The van der Waals surface area contributed by atoms with E-state index in [-0.39, 0.29) is 42.6 Å². The van der Waals surface area contributed by atoms with Gasteiger partial charge in [-0.25, -0.2) is 4.98 Å². The minimum Gasteiger partial charge on any atom is -0.439 e. The topological polar surface area (TPSA) is 81.1 Å². The lowest BCUT2D eigenvalue weighted by atomic mass is 9.90. The molecule has 2 atom stereocenters. The second kappa shape index (κ2) is 10.2. The van der Waals surface area contributed by atoms with Crippen LogP contribution in [0.2, 0.25) is 0 Å². The Bertz CT molecular complexity index is 935. The SMILES string of the molecule is Cl.Cl.Cn1cc([C@H]2CNC[C@@H]2C(=O)Nc2cccc(Oc3ccccn3)c2)cn1. The maximum absolute atomic E-state index is 12.8. The van der Waals surface area contributed by atoms with Crippen molar-refractivity contribution >= 4 is 36.4 Å². The zero-order valence-corrected chi connectivity index (χ0v) is 17.5. The van der Waals surface area contributed by atoms with Gasteiger partial charge in [-0.3, -0.25) is 9.48 Å². The molecule has 0 radical (unpaired) electrons. The monoisotopic (exact) mass is 435 g/mol. The number of rotatable bonds is 5. The van der Waals surface area contributed by atoms with Gasteiger partial charge in [0.2, 0.25) is 11.8 Å². The molecule has 0 bridgehead atoms. The minimum absolute atomic E-state index is 0. The first kappa shape index (κ1) is 22.7. The molecule has 0 spiro atoms. The normalized spacial score (nSPS) is 17.7. The summed E-state index contributed by atoms with van der Waals surface area (Å²) in [7, 11) is 1.88. The zero-order valence-electron chi connectivity index (χ0n) is 15.8. The maximum atomic E-state index is 12.8. The van der Waals surface area contributed by atoms with E-state index in [2.05, 4.69) is 20.7 Å². The molecule has 1 aromatic carbocycles. The summed E-state index contributed by atoms with van der Waals surface area (Å²) in [4.78, 5) is 17.0. The summed E-state index contributed by atoms with van der Waals surface area (Å²) in [5.74, 6) is 1.10. The highest BCUT2D eigenvalue weighted by molar-refractivity contribution is 5.93. The van der Waals surface area contributed by atoms with Gasteiger partial charge in [0, 0.05) is 56.3 Å². The van der Waals surface area contributed by atoms with Crippen molar-refractivity contribution in [2.75, 3.05) is 18.4 Å². The van der Waals surface area contributed by atoms with Crippen molar-refractivity contribution in [1.82, 2.24) is 20.1 Å². The summed E-state index contributed by atoms with van der Waals surface area (Å²) in [6.45, 7) is 1.42. The van der Waals surface area contributed by atoms with Crippen molar-refractivity contribution in [2.24, 2.45) is 13.0 Å². The first-order chi connectivity index (χ1) is 13.2. The van der Waals surface area contributed by atoms with Gasteiger partial charge in [0.25, 0.3) is 0 Å². The number of amides is 1. The van der Waals surface area contributed by atoms with Gasteiger partial charge in [0.15, 0.2) is 0 Å². The van der Waals surface area contributed by atoms with Crippen LogP contribution < -0.4 is 15.4 Å². The summed E-state index contributed by atoms with van der Waals surface area (Å²) in [6.07, 6.45) is 5.48. The third-order valence-electron chi connectivity index (χ3n) is 4.67. The fourth-order valence-corrected chi connectivity index (χ4v) is 3.34. The van der Waals surface area contributed by atoms with Crippen LogP contribution >= 0.6 is 24.8 Å². The summed E-state index contributed by atoms with van der Waals surface area (Å²) < 4.78 is 7.50. The van der Waals surface area contributed by atoms with Gasteiger partial charge in [-0.05, 0) is 23.8 Å². The molecule has 3 heterocycles. The van der Waals surface area contributed by atoms with Crippen LogP contribution in [0.5, 0.6) is 11.6 Å². The van der Waals surface area contributed by atoms with Crippen LogP contribution in [0.3, 0.4) is 0 Å². The Morgan fingerprint density at radius 2 is 2.07 bits per heavy atom. The molecule has 3 aromatic rings. The Kier molecular flexibility index (Phi) is 8.01. The molecule has 7 nitrogen and oxygen atoms in total. The minimum atomic E-state index is -0.144. The van der Waals surface area contributed by atoms with Gasteiger partial charge < -0.3 is 15.4 Å². The van der Waals surface area contributed by atoms with Crippen molar-refractivity contribution in [3.05, 3.63) is 66.6 Å². The zero-order chi connectivity index (χ0) is 18.6. The van der Waals surface area contributed by atoms with Crippen molar-refractivity contribution in [1.29, 1.82) is 0 Å². The number of pyridine rings is 1. The van der Waals surface area contributed by atoms with Crippen LogP contribution in [0, 0.1) is 5.92 Å². The van der Waals surface area contributed by atoms with E-state index in [9.17, 15) is 4.79 Å². The molecule has 9 heteroatoms. The van der Waals surface area contributed by atoms with Gasteiger partial charge in [0.1, 0.15) is 5.75 Å². The molecule has 2 N–H and O–H groups in total. The number of nitrogens with zero attached hydrogens (tertiary/aromatic N) is 3. The van der Waals surface area contributed by atoms with E-state index in [1.54, 1.807) is 23.0 Å². The lowest BCUT2D eigenvalue weighted by molar-refractivity contribution is -0.119. The van der Waals surface area contributed by atoms with Crippen molar-refractivity contribution in [3.63, 3.8) is 0 Å². The predicted molar refractivity (Wildman–Crippen MR) is 116 cm³/mol. The number of carbonyl (C=O) groups is 1. The number of nitrogens with one attached hydrogen (secondary N) is 2. The fourth-order valence-electron chi connectivity index (χ4n) is 3.34. The van der Waals surface area contributed by atoms with Gasteiger partial charge >= 0.3 is 0 Å². The molecule has 2 aromatic heterocycles. The highest BCUT2D eigenvalue weighted by Crippen LogP contribution is 2.29. The van der Waals surface area contributed by atoms with Crippen LogP contribution in [0.4, 0.5) is 5.69 Å². The number of hydrogen-bond donors (Lipinski definition) is 2. The molecule has 1 aliphatic rings. The number of halogens is 2. The number of aromatic nitrogens is 3. The molecular weight excluding hydrogens is 413 g/mol. The second-order valence-electron chi connectivity index (χ2n) is 6.61. The molecule has 0 saturated carbocycles. The Morgan fingerprint density at radius 1 is 1.21 bits per heavy atom. The Morgan fingerprint density at radius 3 is 2.79 bits per heavy atom. The average Bonchev–Trinajstić information content (AvgIpc) is 3.31. The lowest BCUT2D eigenvalue weighted by Gasteiger charge is -2.17. The molecule has 1 saturated heterocycles. The quantitative estimate of drug-likeness (QED) is 0.641. The molecule has 1 amide bonds. The van der Waals surface area contributed by atoms with E-state index in [0.717, 1.165) is 12.1 Å². The van der Waals surface area contributed by atoms with E-state index < -0.39 is 0 Å². The van der Waals surface area contributed by atoms with E-state index in [4.69, 9.17) is 4.74 Å². The van der Waals surface area contributed by atoms with Crippen molar-refractivity contribution in [3.8, 4) is 11.6 Å². The van der Waals surface area contributed by atoms with E-state index >= 15 is 0 Å². The predicted octanol–water partition coefficient (Wildman–Crippen LogP) is 3.39. The largest absolute Gasteiger partial charge is 0.439 e. The molecule has 0 unspecified atom stereocenters. The van der Waals surface area contributed by atoms with Gasteiger partial charge in [0.05, 0.1) is 12.1 Å². The number of benzene rings is 1. The van der Waals surface area contributed by atoms with E-state index in [1.807, 2.05) is 49.8 Å². The smallest absolute Gasteiger partial charge is 0.229 e. The molecule has 1 aliphatic heterocycles. The van der Waals surface area contributed by atoms with Crippen LogP contribution in [0.15, 0.2) is 61.1 Å². The number of anilines is 1. The van der Waals surface area contributed by atoms with Gasteiger partial charge in [-0.15, -0.1) is 24.8 Å². The van der Waals surface area contributed by atoms with Crippen LogP contribution in [0.1, 0.15) is 11.5 Å². The first-order valence-corrected chi connectivity index (χ1v) is 8.88. The van der Waals surface area contributed by atoms with Gasteiger partial charge in [-0.2, -0.15) is 5.10 Å². The number of aryl methyl sites for hydroxylation is 1. The molecule has 154 valence electrons. The summed E-state index contributed by atoms with van der Waals surface area (Å²) >= 11 is 0. The average molecular weight is 436 g/mol. The molecule has 1 fully saturated rings. The number of hydrogen-bond acceptors (Lipinski definition) is 5. The standard InChI is InChI=1S/C20H21N5O2.2ClH/c1-25-13-14(10-23-25)17-11-21-12-18(17)20(26)24-15-5-4-6-16(9-15)27-19-7-2-3-8-22-19;;/h2-10,13,17-18,21H,11-12H2,1H3,(H,24,26);2*1H/t17-,18+;;/m1../s1. The molecule has 4 rings (SSSR count). The van der Waals surface area contributed by atoms with E-state index in [1.165, 1.54) is 0 Å². The Balaban J connectivity index is 0.00000150. The van der Waals surface area contributed by atoms with Gasteiger partial charge in [-0.1, -0.05) is 12.1 Å². The molecule has 29 heavy (non-hydrogen) atoms. The summed E-state index contributed by atoms with van der Waals surface area (Å²) in [5, 5.41) is 10.5. The number of carbonyl (C=O) groups excluding carboxylic acids is 1. The first-order valence-electron chi connectivity index (χ1n) is 8.88. The van der Waals surface area contributed by atoms with Crippen LogP contribution in [0.25, 0.3) is 0 Å². The summed E-state index contributed by atoms with van der Waals surface area (Å²) in [5.41, 5.74) is 1.78. The maximum Gasteiger partial charge on any atom is 0.229 e. The van der Waals surface area contributed by atoms with Crippen LogP contribution in [-0.4, -0.2) is 33.8 Å². The highest BCUT2D eigenvalue weighted by Gasteiger charge is 2.34. The van der Waals surface area contributed by atoms with E-state index in [0.29, 0.717) is 23.9 Å². The number of ether oxygens (including phenoxy) is 1. The fraction of sp³-hybridized carbons (Fsp3) is 0.250. The Hall–Kier alpha value is -2.61. The highest BCUT2D eigenvalue weighted by atomic mass is 35.5. The lowest BCUT2D eigenvalue weighted by Crippen LogP contribution is -2.28. The third-order valence-corrected chi connectivity index (χ3v) is 4.67. The molecule has 0 aliphatic carbocycles. The third kappa shape index (κ3) is 5.47. The summed E-state index contributed by atoms with van der Waals surface area (Å²) in [6, 6.07) is 12.8. The van der Waals surface area contributed by atoms with Crippen molar-refractivity contribution in [2.45, 2.75) is 5.92 Å². The van der Waals surface area contributed by atoms with Crippen LogP contribution in [-0.2, 0) is 11.8 Å². The molecular formula is C20H23Cl2N5O2. The van der Waals surface area contributed by atoms with Crippen molar-refractivity contribution < 1.29 is 9.53 Å². The Labute approximate surface area is 181 Å².